The van der Waals surface area contributed by atoms with Crippen molar-refractivity contribution in [1.29, 1.82) is 0 Å². The summed E-state index contributed by atoms with van der Waals surface area (Å²) in [7, 11) is 1.42. The Morgan fingerprint density at radius 1 is 1.37 bits per heavy atom. The number of benzene rings is 1. The minimum atomic E-state index is -0.409. The van der Waals surface area contributed by atoms with Gasteiger partial charge in [-0.15, -0.1) is 5.10 Å². The fourth-order valence-corrected chi connectivity index (χ4v) is 1.77. The number of tetrazole rings is 1. The molecule has 1 heterocycles. The van der Waals surface area contributed by atoms with Gasteiger partial charge in [0.25, 0.3) is 0 Å². The molecule has 0 bridgehead atoms. The Morgan fingerprint density at radius 2 is 2.21 bits per heavy atom. The van der Waals surface area contributed by atoms with Gasteiger partial charge in [0.05, 0.1) is 7.11 Å². The van der Waals surface area contributed by atoms with E-state index in [0.29, 0.717) is 18.9 Å². The van der Waals surface area contributed by atoms with Crippen molar-refractivity contribution in [2.24, 2.45) is 5.73 Å². The molecule has 1 aromatic carbocycles. The Kier molecular flexibility index (Phi) is 4.40. The van der Waals surface area contributed by atoms with Crippen molar-refractivity contribution in [2.75, 3.05) is 13.7 Å². The summed E-state index contributed by atoms with van der Waals surface area (Å²) < 4.78 is 20.0. The number of aryl methyl sites for hydroxylation is 1. The average molecular weight is 265 g/mol. The van der Waals surface area contributed by atoms with E-state index in [1.165, 1.54) is 13.2 Å². The van der Waals surface area contributed by atoms with Crippen LogP contribution in [0.3, 0.4) is 0 Å². The van der Waals surface area contributed by atoms with Crippen molar-refractivity contribution < 1.29 is 9.13 Å². The second-order valence-corrected chi connectivity index (χ2v) is 4.07. The van der Waals surface area contributed by atoms with Crippen molar-refractivity contribution in [3.05, 3.63) is 24.0 Å². The van der Waals surface area contributed by atoms with Gasteiger partial charge in [-0.3, -0.25) is 0 Å². The Labute approximate surface area is 110 Å². The maximum absolute atomic E-state index is 13.4. The molecule has 6 nitrogen and oxygen atoms in total. The number of nitrogens with two attached hydrogens (primary N) is 1. The van der Waals surface area contributed by atoms with Crippen LogP contribution >= 0.6 is 0 Å². The maximum atomic E-state index is 13.4. The summed E-state index contributed by atoms with van der Waals surface area (Å²) in [4.78, 5) is 0. The van der Waals surface area contributed by atoms with Crippen LogP contribution in [0.4, 0.5) is 4.39 Å². The van der Waals surface area contributed by atoms with E-state index in [9.17, 15) is 4.39 Å². The Bertz CT molecular complexity index is 543. The van der Waals surface area contributed by atoms with Gasteiger partial charge in [-0.05, 0) is 48.0 Å². The van der Waals surface area contributed by atoms with Crippen LogP contribution in [0.15, 0.2) is 18.2 Å². The lowest BCUT2D eigenvalue weighted by Gasteiger charge is -2.06. The maximum Gasteiger partial charge on any atom is 0.182 e. The molecule has 0 aliphatic heterocycles. The van der Waals surface area contributed by atoms with E-state index in [1.54, 1.807) is 16.8 Å². The summed E-state index contributed by atoms with van der Waals surface area (Å²) in [5.41, 5.74) is 6.17. The topological polar surface area (TPSA) is 78.9 Å². The second-order valence-electron chi connectivity index (χ2n) is 4.07. The van der Waals surface area contributed by atoms with E-state index >= 15 is 0 Å². The molecule has 0 saturated heterocycles. The predicted octanol–water partition coefficient (Wildman–Crippen LogP) is 1.23. The highest BCUT2D eigenvalue weighted by Crippen LogP contribution is 2.24. The Morgan fingerprint density at radius 3 is 2.95 bits per heavy atom. The molecule has 2 N–H and O–H groups in total. The monoisotopic (exact) mass is 265 g/mol. The fraction of sp³-hybridized carbons (Fsp3) is 0.417. The average Bonchev–Trinajstić information content (AvgIpc) is 2.88. The van der Waals surface area contributed by atoms with Gasteiger partial charge in [0, 0.05) is 12.1 Å². The van der Waals surface area contributed by atoms with Crippen LogP contribution in [-0.4, -0.2) is 33.9 Å². The van der Waals surface area contributed by atoms with Crippen LogP contribution in [0.1, 0.15) is 12.8 Å². The van der Waals surface area contributed by atoms with Gasteiger partial charge < -0.3 is 10.5 Å². The lowest BCUT2D eigenvalue weighted by atomic mass is 10.2. The summed E-state index contributed by atoms with van der Waals surface area (Å²) in [5.74, 6) is 0.359. The minimum Gasteiger partial charge on any atom is -0.494 e. The summed E-state index contributed by atoms with van der Waals surface area (Å²) in [5, 5.41) is 11.5. The first kappa shape index (κ1) is 13.4. The van der Waals surface area contributed by atoms with Crippen molar-refractivity contribution >= 4 is 0 Å². The Balaban J connectivity index is 2.24. The van der Waals surface area contributed by atoms with Gasteiger partial charge in [0.15, 0.2) is 17.4 Å². The van der Waals surface area contributed by atoms with E-state index in [-0.39, 0.29) is 5.75 Å². The lowest BCUT2D eigenvalue weighted by molar-refractivity contribution is 0.386. The van der Waals surface area contributed by atoms with E-state index in [2.05, 4.69) is 15.5 Å². The molecule has 7 heteroatoms. The third kappa shape index (κ3) is 3.05. The van der Waals surface area contributed by atoms with Gasteiger partial charge in [0.2, 0.25) is 0 Å². The third-order valence-corrected chi connectivity index (χ3v) is 2.77. The number of rotatable bonds is 6. The van der Waals surface area contributed by atoms with Crippen molar-refractivity contribution in [1.82, 2.24) is 20.2 Å². The summed E-state index contributed by atoms with van der Waals surface area (Å²) in [6.45, 7) is 1.32. The predicted molar refractivity (Wildman–Crippen MR) is 68.1 cm³/mol. The van der Waals surface area contributed by atoms with Crippen molar-refractivity contribution in [3.8, 4) is 17.1 Å². The standard InChI is InChI=1S/C12H16FN5O/c1-19-11-8-9(4-5-10(11)13)12-15-16-17-18(12)7-3-2-6-14/h4-5,8H,2-3,6-7,14H2,1H3. The number of ether oxygens (including phenoxy) is 1. The van der Waals surface area contributed by atoms with Gasteiger partial charge in [-0.25, -0.2) is 9.07 Å². The molecule has 2 rings (SSSR count). The highest BCUT2D eigenvalue weighted by Gasteiger charge is 2.11. The normalized spacial score (nSPS) is 10.7. The number of nitrogens with zero attached hydrogens (tertiary/aromatic N) is 4. The molecule has 0 saturated carbocycles. The lowest BCUT2D eigenvalue weighted by Crippen LogP contribution is -2.06. The van der Waals surface area contributed by atoms with E-state index in [1.807, 2.05) is 0 Å². The molecule has 2 aromatic rings. The number of unbranched alkanes of at least 4 members (excludes halogenated alkanes) is 1. The molecule has 0 aliphatic carbocycles. The molecule has 1 aromatic heterocycles. The molecule has 0 fully saturated rings. The first-order valence-corrected chi connectivity index (χ1v) is 6.06. The highest BCUT2D eigenvalue weighted by molar-refractivity contribution is 5.57. The molecule has 102 valence electrons. The minimum absolute atomic E-state index is 0.175. The van der Waals surface area contributed by atoms with Gasteiger partial charge in [-0.1, -0.05) is 0 Å². The van der Waals surface area contributed by atoms with E-state index in [4.69, 9.17) is 10.5 Å². The summed E-state index contributed by atoms with van der Waals surface area (Å²) in [6.07, 6.45) is 1.80. The second kappa shape index (κ2) is 6.24. The molecule has 0 aliphatic rings. The number of methoxy groups -OCH3 is 1. The molecular formula is C12H16FN5O. The molecule has 0 radical (unpaired) electrons. The zero-order valence-corrected chi connectivity index (χ0v) is 10.7. The zero-order chi connectivity index (χ0) is 13.7. The van der Waals surface area contributed by atoms with Crippen LogP contribution < -0.4 is 10.5 Å². The van der Waals surface area contributed by atoms with Crippen LogP contribution in [-0.2, 0) is 6.54 Å². The number of halogens is 1. The van der Waals surface area contributed by atoms with Crippen LogP contribution in [0.5, 0.6) is 5.75 Å². The fourth-order valence-electron chi connectivity index (χ4n) is 1.77. The first-order valence-electron chi connectivity index (χ1n) is 6.06. The molecule has 0 unspecified atom stereocenters. The number of hydrogen-bond donors (Lipinski definition) is 1. The van der Waals surface area contributed by atoms with Gasteiger partial charge >= 0.3 is 0 Å². The number of aromatic nitrogens is 4. The molecule has 19 heavy (non-hydrogen) atoms. The van der Waals surface area contributed by atoms with Crippen molar-refractivity contribution in [2.45, 2.75) is 19.4 Å². The summed E-state index contributed by atoms with van der Waals surface area (Å²) in [6, 6.07) is 4.55. The molecule has 0 spiro atoms. The third-order valence-electron chi connectivity index (χ3n) is 2.77. The summed E-state index contributed by atoms with van der Waals surface area (Å²) >= 11 is 0. The van der Waals surface area contributed by atoms with Gasteiger partial charge in [0.1, 0.15) is 0 Å². The first-order chi connectivity index (χ1) is 9.26. The smallest absolute Gasteiger partial charge is 0.182 e. The molecule has 0 amide bonds. The van der Waals surface area contributed by atoms with Crippen LogP contribution in [0.25, 0.3) is 11.4 Å². The quantitative estimate of drug-likeness (QED) is 0.795. The van der Waals surface area contributed by atoms with E-state index in [0.717, 1.165) is 18.4 Å². The Hall–Kier alpha value is -2.02. The zero-order valence-electron chi connectivity index (χ0n) is 10.7. The van der Waals surface area contributed by atoms with Gasteiger partial charge in [-0.2, -0.15) is 0 Å². The SMILES string of the molecule is COc1cc(-c2nnnn2CCCCN)ccc1F. The highest BCUT2D eigenvalue weighted by atomic mass is 19.1. The molecule has 0 atom stereocenters. The largest absolute Gasteiger partial charge is 0.494 e. The number of hydrogen-bond acceptors (Lipinski definition) is 5. The van der Waals surface area contributed by atoms with Crippen LogP contribution in [0.2, 0.25) is 0 Å². The van der Waals surface area contributed by atoms with Crippen molar-refractivity contribution in [3.63, 3.8) is 0 Å². The van der Waals surface area contributed by atoms with Crippen LogP contribution in [0, 0.1) is 5.82 Å². The molecular weight excluding hydrogens is 249 g/mol. The van der Waals surface area contributed by atoms with E-state index < -0.39 is 5.82 Å².